The fraction of sp³-hybridized carbons (Fsp3) is 0.273. The first-order valence-electron chi connectivity index (χ1n) is 10.3. The first-order chi connectivity index (χ1) is 16.3. The Balaban J connectivity index is 1.40. The summed E-state index contributed by atoms with van der Waals surface area (Å²) in [7, 11) is 3.15. The second-order valence-electron chi connectivity index (χ2n) is 7.46. The minimum absolute atomic E-state index is 0.0338. The fourth-order valence-corrected chi connectivity index (χ4v) is 5.49. The Morgan fingerprint density at radius 3 is 2.41 bits per heavy atom. The molecule has 2 aromatic carbocycles. The number of nitrogens with zero attached hydrogens (tertiary/aromatic N) is 3. The van der Waals surface area contributed by atoms with Crippen LogP contribution < -0.4 is 14.8 Å². The Bertz CT molecular complexity index is 1270. The zero-order chi connectivity index (χ0) is 24.4. The number of non-ortho nitro benzene ring substituents is 1. The van der Waals surface area contributed by atoms with Crippen LogP contribution in [0.4, 0.5) is 11.4 Å². The van der Waals surface area contributed by atoms with E-state index in [-0.39, 0.29) is 11.6 Å². The smallest absolute Gasteiger partial charge is 0.270 e. The molecule has 1 aliphatic rings. The van der Waals surface area contributed by atoms with Gasteiger partial charge in [0.2, 0.25) is 0 Å². The standard InChI is InChI=1S/C22H21ClN4O5S2/c1-31-16-6-3-13(11-17(16)32-2)24-22(33)26-9-7-25(8-10-26)21(28)20-19(23)15-5-4-14(27(29)30)12-18(15)34-20/h3-6,11-12H,7-10H2,1-2H3,(H,24,33). The van der Waals surface area contributed by atoms with Gasteiger partial charge in [-0.15, -0.1) is 11.3 Å². The summed E-state index contributed by atoms with van der Waals surface area (Å²) in [5.74, 6) is 1.03. The van der Waals surface area contributed by atoms with E-state index in [4.69, 9.17) is 33.3 Å². The molecule has 178 valence electrons. The van der Waals surface area contributed by atoms with E-state index in [0.717, 1.165) is 5.69 Å². The molecule has 1 aliphatic heterocycles. The number of nitrogens with one attached hydrogen (secondary N) is 1. The Kier molecular flexibility index (Phi) is 7.05. The van der Waals surface area contributed by atoms with Crippen LogP contribution in [0.1, 0.15) is 9.67 Å². The molecule has 0 aliphatic carbocycles. The molecule has 34 heavy (non-hydrogen) atoms. The first kappa shape index (κ1) is 24.0. The summed E-state index contributed by atoms with van der Waals surface area (Å²) in [6.07, 6.45) is 0. The number of piperazine rings is 1. The third kappa shape index (κ3) is 4.72. The van der Waals surface area contributed by atoms with Gasteiger partial charge in [0.15, 0.2) is 16.6 Å². The van der Waals surface area contributed by atoms with Gasteiger partial charge in [0, 0.05) is 60.2 Å². The molecule has 0 unspecified atom stereocenters. The number of amides is 1. The van der Waals surface area contributed by atoms with Gasteiger partial charge in [-0.2, -0.15) is 0 Å². The Hall–Kier alpha value is -3.15. The molecule has 1 aromatic heterocycles. The number of thiocarbonyl (C=S) groups is 1. The molecular weight excluding hydrogens is 500 g/mol. The highest BCUT2D eigenvalue weighted by Crippen LogP contribution is 2.38. The number of fused-ring (bicyclic) bond motifs is 1. The lowest BCUT2D eigenvalue weighted by molar-refractivity contribution is -0.384. The maximum atomic E-state index is 13.1. The van der Waals surface area contributed by atoms with Crippen LogP contribution in [0.5, 0.6) is 11.5 Å². The van der Waals surface area contributed by atoms with Gasteiger partial charge in [-0.3, -0.25) is 14.9 Å². The highest BCUT2D eigenvalue weighted by Gasteiger charge is 2.27. The van der Waals surface area contributed by atoms with Crippen LogP contribution in [0, 0.1) is 10.1 Å². The van der Waals surface area contributed by atoms with Gasteiger partial charge in [0.1, 0.15) is 4.88 Å². The average Bonchev–Trinajstić information content (AvgIpc) is 3.19. The molecular formula is C22H21ClN4O5S2. The molecule has 4 rings (SSSR count). The normalized spacial score (nSPS) is 13.6. The maximum absolute atomic E-state index is 13.1. The van der Waals surface area contributed by atoms with E-state index in [2.05, 4.69) is 5.32 Å². The van der Waals surface area contributed by atoms with Crippen LogP contribution in [0.2, 0.25) is 5.02 Å². The van der Waals surface area contributed by atoms with E-state index < -0.39 is 4.92 Å². The zero-order valence-corrected chi connectivity index (χ0v) is 20.8. The van der Waals surface area contributed by atoms with Crippen molar-refractivity contribution in [2.75, 3.05) is 45.7 Å². The third-order valence-electron chi connectivity index (χ3n) is 5.51. The highest BCUT2D eigenvalue weighted by atomic mass is 35.5. The number of carbonyl (C=O) groups is 1. The van der Waals surface area contributed by atoms with Gasteiger partial charge >= 0.3 is 0 Å². The maximum Gasteiger partial charge on any atom is 0.270 e. The molecule has 1 saturated heterocycles. The molecule has 2 heterocycles. The predicted molar refractivity (Wildman–Crippen MR) is 137 cm³/mol. The molecule has 0 atom stereocenters. The van der Waals surface area contributed by atoms with Crippen LogP contribution in [-0.4, -0.2) is 66.1 Å². The van der Waals surface area contributed by atoms with Gasteiger partial charge in [-0.25, -0.2) is 0 Å². The lowest BCUT2D eigenvalue weighted by Crippen LogP contribution is -2.51. The van der Waals surface area contributed by atoms with Crippen LogP contribution >= 0.6 is 35.2 Å². The molecule has 0 spiro atoms. The number of thiophene rings is 1. The molecule has 0 bridgehead atoms. The van der Waals surface area contributed by atoms with Crippen LogP contribution in [0.3, 0.4) is 0 Å². The number of benzene rings is 2. The van der Waals surface area contributed by atoms with Gasteiger partial charge in [0.25, 0.3) is 11.6 Å². The monoisotopic (exact) mass is 520 g/mol. The van der Waals surface area contributed by atoms with Crippen molar-refractivity contribution in [3.05, 3.63) is 56.4 Å². The fourth-order valence-electron chi connectivity index (χ4n) is 3.68. The minimum Gasteiger partial charge on any atom is -0.493 e. The van der Waals surface area contributed by atoms with Crippen molar-refractivity contribution < 1.29 is 19.2 Å². The minimum atomic E-state index is -0.466. The Morgan fingerprint density at radius 2 is 1.76 bits per heavy atom. The van der Waals surface area contributed by atoms with Crippen LogP contribution in [0.15, 0.2) is 36.4 Å². The molecule has 3 aromatic rings. The summed E-state index contributed by atoms with van der Waals surface area (Å²) in [6.45, 7) is 2.05. The van der Waals surface area contributed by atoms with E-state index in [0.29, 0.717) is 62.8 Å². The molecule has 9 nitrogen and oxygen atoms in total. The lowest BCUT2D eigenvalue weighted by Gasteiger charge is -2.36. The van der Waals surface area contributed by atoms with Crippen LogP contribution in [0.25, 0.3) is 10.1 Å². The average molecular weight is 521 g/mol. The van der Waals surface area contributed by atoms with Crippen molar-refractivity contribution in [1.82, 2.24) is 9.80 Å². The van der Waals surface area contributed by atoms with E-state index in [1.54, 1.807) is 37.3 Å². The number of methoxy groups -OCH3 is 2. The number of hydrogen-bond donors (Lipinski definition) is 1. The summed E-state index contributed by atoms with van der Waals surface area (Å²) in [4.78, 5) is 27.8. The number of halogens is 1. The van der Waals surface area contributed by atoms with E-state index in [9.17, 15) is 14.9 Å². The van der Waals surface area contributed by atoms with Gasteiger partial charge in [-0.05, 0) is 30.4 Å². The summed E-state index contributed by atoms with van der Waals surface area (Å²) in [5.41, 5.74) is 0.737. The van der Waals surface area contributed by atoms with Crippen molar-refractivity contribution in [1.29, 1.82) is 0 Å². The predicted octanol–water partition coefficient (Wildman–Crippen LogP) is 4.63. The van der Waals surface area contributed by atoms with Crippen molar-refractivity contribution in [3.8, 4) is 11.5 Å². The Labute approximate surface area is 209 Å². The van der Waals surface area contributed by atoms with E-state index in [1.165, 1.54) is 23.5 Å². The SMILES string of the molecule is COc1ccc(NC(=S)N2CCN(C(=O)c3sc4cc([N+](=O)[O-])ccc4c3Cl)CC2)cc1OC. The largest absolute Gasteiger partial charge is 0.493 e. The van der Waals surface area contributed by atoms with Gasteiger partial charge < -0.3 is 24.6 Å². The Morgan fingerprint density at radius 1 is 1.09 bits per heavy atom. The first-order valence-corrected chi connectivity index (χ1v) is 11.9. The summed E-state index contributed by atoms with van der Waals surface area (Å²) >= 11 is 13.2. The number of ether oxygens (including phenoxy) is 2. The second kappa shape index (κ2) is 10.00. The number of rotatable bonds is 5. The number of anilines is 1. The molecule has 1 fully saturated rings. The van der Waals surface area contributed by atoms with Crippen molar-refractivity contribution in [3.63, 3.8) is 0 Å². The van der Waals surface area contributed by atoms with Crippen molar-refractivity contribution >= 4 is 67.6 Å². The third-order valence-corrected chi connectivity index (χ3v) is 7.51. The highest BCUT2D eigenvalue weighted by molar-refractivity contribution is 7.80. The number of carbonyl (C=O) groups excluding carboxylic acids is 1. The summed E-state index contributed by atoms with van der Waals surface area (Å²) in [6, 6.07) is 9.86. The van der Waals surface area contributed by atoms with Gasteiger partial charge in [0.05, 0.1) is 24.2 Å². The number of nitro benzene ring substituents is 1. The molecule has 0 saturated carbocycles. The van der Waals surface area contributed by atoms with E-state index in [1.807, 2.05) is 11.0 Å². The summed E-state index contributed by atoms with van der Waals surface area (Å²) in [5, 5.41) is 15.8. The van der Waals surface area contributed by atoms with Crippen molar-refractivity contribution in [2.24, 2.45) is 0 Å². The molecule has 1 amide bonds. The summed E-state index contributed by atoms with van der Waals surface area (Å²) < 4.78 is 11.2. The van der Waals surface area contributed by atoms with Crippen LogP contribution in [-0.2, 0) is 0 Å². The number of nitro groups is 1. The lowest BCUT2D eigenvalue weighted by atomic mass is 10.2. The van der Waals surface area contributed by atoms with Crippen molar-refractivity contribution in [2.45, 2.75) is 0 Å². The zero-order valence-electron chi connectivity index (χ0n) is 18.4. The number of hydrogen-bond acceptors (Lipinski definition) is 7. The molecule has 1 N–H and O–H groups in total. The molecule has 0 radical (unpaired) electrons. The molecule has 12 heteroatoms. The second-order valence-corrected chi connectivity index (χ2v) is 9.28. The topological polar surface area (TPSA) is 97.2 Å². The quantitative estimate of drug-likeness (QED) is 0.295. The van der Waals surface area contributed by atoms with Gasteiger partial charge in [-0.1, -0.05) is 11.6 Å². The van der Waals surface area contributed by atoms with E-state index >= 15 is 0 Å².